The Balaban J connectivity index is 1.78. The zero-order valence-corrected chi connectivity index (χ0v) is 10.6. The van der Waals surface area contributed by atoms with Gasteiger partial charge in [0.15, 0.2) is 0 Å². The summed E-state index contributed by atoms with van der Waals surface area (Å²) in [5.74, 6) is 0. The van der Waals surface area contributed by atoms with Crippen molar-refractivity contribution in [3.63, 3.8) is 0 Å². The van der Waals surface area contributed by atoms with Crippen LogP contribution in [-0.2, 0) is 0 Å². The quantitative estimate of drug-likeness (QED) is 0.761. The number of rotatable bonds is 6. The molecule has 2 nitrogen and oxygen atoms in total. The monoisotopic (exact) mass is 230 g/mol. The van der Waals surface area contributed by atoms with Gasteiger partial charge in [-0.3, -0.25) is 0 Å². The molecule has 2 rings (SSSR count). The second-order valence-corrected chi connectivity index (χ2v) is 4.80. The highest BCUT2D eigenvalue weighted by Crippen LogP contribution is 2.35. The molecular weight excluding hydrogens is 208 g/mol. The third kappa shape index (κ3) is 2.89. The molecule has 0 aliphatic carbocycles. The van der Waals surface area contributed by atoms with Crippen molar-refractivity contribution >= 4 is 0 Å². The van der Waals surface area contributed by atoms with Gasteiger partial charge in [0.2, 0.25) is 0 Å². The van der Waals surface area contributed by atoms with Gasteiger partial charge >= 0.3 is 0 Å². The Morgan fingerprint density at radius 3 is 2.71 bits per heavy atom. The maximum absolute atomic E-state index is 6.18. The fourth-order valence-electron chi connectivity index (χ4n) is 2.37. The molecule has 1 aliphatic rings. The van der Waals surface area contributed by atoms with Gasteiger partial charge in [-0.15, -0.1) is 0 Å². The van der Waals surface area contributed by atoms with E-state index in [0.717, 1.165) is 13.0 Å². The van der Waals surface area contributed by atoms with Gasteiger partial charge in [-0.2, -0.15) is 0 Å². The van der Waals surface area contributed by atoms with Gasteiger partial charge in [0.05, 0.1) is 6.04 Å². The Bertz CT molecular complexity index is 372. The highest BCUT2D eigenvalue weighted by Gasteiger charge is 2.36. The van der Waals surface area contributed by atoms with Crippen molar-refractivity contribution in [1.29, 1.82) is 0 Å². The number of benzene rings is 1. The predicted octanol–water partition coefficient (Wildman–Crippen LogP) is 3.07. The van der Waals surface area contributed by atoms with Gasteiger partial charge in [0.25, 0.3) is 0 Å². The molecule has 2 unspecified atom stereocenters. The third-order valence-electron chi connectivity index (χ3n) is 3.53. The highest BCUT2D eigenvalue weighted by molar-refractivity contribution is 5.23. The highest BCUT2D eigenvalue weighted by atomic mass is 15.3. The Morgan fingerprint density at radius 2 is 2.06 bits per heavy atom. The summed E-state index contributed by atoms with van der Waals surface area (Å²) in [6.45, 7) is 7.35. The van der Waals surface area contributed by atoms with Crippen molar-refractivity contribution in [1.82, 2.24) is 4.90 Å². The summed E-state index contributed by atoms with van der Waals surface area (Å²) in [6.07, 6.45) is 3.47. The van der Waals surface area contributed by atoms with Gasteiger partial charge < -0.3 is 10.6 Å². The molecule has 0 bridgehead atoms. The van der Waals surface area contributed by atoms with Crippen molar-refractivity contribution in [2.24, 2.45) is 5.73 Å². The Hall–Kier alpha value is -1.28. The van der Waals surface area contributed by atoms with Crippen molar-refractivity contribution < 1.29 is 0 Å². The second kappa shape index (κ2) is 5.37. The van der Waals surface area contributed by atoms with Crippen molar-refractivity contribution in [2.75, 3.05) is 6.54 Å². The van der Waals surface area contributed by atoms with E-state index < -0.39 is 0 Å². The first-order chi connectivity index (χ1) is 8.24. The first-order valence-corrected chi connectivity index (χ1v) is 6.50. The largest absolute Gasteiger partial charge is 0.365 e. The van der Waals surface area contributed by atoms with E-state index >= 15 is 0 Å². The first kappa shape index (κ1) is 12.2. The number of nitrogens with two attached hydrogens (primary N) is 1. The van der Waals surface area contributed by atoms with E-state index in [1.165, 1.54) is 24.1 Å². The molecule has 0 aromatic heterocycles. The maximum atomic E-state index is 6.18. The fraction of sp³-hybridized carbons (Fsp3) is 0.467. The average molecular weight is 230 g/mol. The maximum Gasteiger partial charge on any atom is 0.0682 e. The van der Waals surface area contributed by atoms with Crippen LogP contribution in [0, 0.1) is 0 Å². The molecule has 0 amide bonds. The Labute approximate surface area is 104 Å². The van der Waals surface area contributed by atoms with Crippen LogP contribution in [0.15, 0.2) is 42.6 Å². The van der Waals surface area contributed by atoms with E-state index in [-0.39, 0.29) is 6.04 Å². The zero-order valence-electron chi connectivity index (χ0n) is 10.6. The lowest BCUT2D eigenvalue weighted by Crippen LogP contribution is -2.15. The molecule has 1 fully saturated rings. The van der Waals surface area contributed by atoms with E-state index in [9.17, 15) is 0 Å². The van der Waals surface area contributed by atoms with E-state index in [2.05, 4.69) is 30.5 Å². The van der Waals surface area contributed by atoms with E-state index in [0.29, 0.717) is 6.04 Å². The lowest BCUT2D eigenvalue weighted by Gasteiger charge is -2.12. The first-order valence-electron chi connectivity index (χ1n) is 6.50. The van der Waals surface area contributed by atoms with E-state index in [1.54, 1.807) is 0 Å². The molecule has 92 valence electrons. The zero-order chi connectivity index (χ0) is 12.3. The Kier molecular flexibility index (Phi) is 3.85. The summed E-state index contributed by atoms with van der Waals surface area (Å²) < 4.78 is 0. The third-order valence-corrected chi connectivity index (χ3v) is 3.53. The molecule has 1 aromatic carbocycles. The summed E-state index contributed by atoms with van der Waals surface area (Å²) in [5.41, 5.74) is 8.71. The minimum atomic E-state index is 0.145. The van der Waals surface area contributed by atoms with Gasteiger partial charge in [-0.25, -0.2) is 0 Å². The SMILES string of the molecule is C=C1C(CCC)N1CCC(N)c1ccccc1. The molecular formula is C15H22N2. The van der Waals surface area contributed by atoms with Crippen LogP contribution in [0.25, 0.3) is 0 Å². The van der Waals surface area contributed by atoms with Gasteiger partial charge in [0.1, 0.15) is 0 Å². The van der Waals surface area contributed by atoms with E-state index in [4.69, 9.17) is 5.73 Å². The molecule has 0 spiro atoms. The summed E-state index contributed by atoms with van der Waals surface area (Å²) in [5, 5.41) is 0. The van der Waals surface area contributed by atoms with Crippen LogP contribution >= 0.6 is 0 Å². The standard InChI is InChI=1S/C15H22N2/c1-3-7-15-12(2)17(15)11-10-14(16)13-8-5-4-6-9-13/h4-6,8-9,14-15H,2-3,7,10-11,16H2,1H3. The van der Waals surface area contributed by atoms with Crippen LogP contribution < -0.4 is 5.73 Å². The molecule has 1 saturated heterocycles. The second-order valence-electron chi connectivity index (χ2n) is 4.80. The van der Waals surface area contributed by atoms with Crippen LogP contribution in [0.4, 0.5) is 0 Å². The number of hydrogen-bond donors (Lipinski definition) is 1. The molecule has 2 heteroatoms. The summed E-state index contributed by atoms with van der Waals surface area (Å²) in [7, 11) is 0. The number of hydrogen-bond acceptors (Lipinski definition) is 2. The molecule has 1 heterocycles. The average Bonchev–Trinajstić information content (AvgIpc) is 2.97. The van der Waals surface area contributed by atoms with Crippen LogP contribution in [0.5, 0.6) is 0 Å². The van der Waals surface area contributed by atoms with E-state index in [1.807, 2.05) is 18.2 Å². The lowest BCUT2D eigenvalue weighted by atomic mass is 10.1. The van der Waals surface area contributed by atoms with Gasteiger partial charge in [0, 0.05) is 18.3 Å². The summed E-state index contributed by atoms with van der Waals surface area (Å²) in [6, 6.07) is 11.1. The molecule has 0 radical (unpaired) electrons. The molecule has 2 N–H and O–H groups in total. The molecule has 1 aliphatic heterocycles. The van der Waals surface area contributed by atoms with Crippen molar-refractivity contribution in [3.8, 4) is 0 Å². The van der Waals surface area contributed by atoms with Crippen molar-refractivity contribution in [2.45, 2.75) is 38.3 Å². The topological polar surface area (TPSA) is 29.0 Å². The minimum absolute atomic E-state index is 0.145. The summed E-state index contributed by atoms with van der Waals surface area (Å²) in [4.78, 5) is 2.38. The van der Waals surface area contributed by atoms with Crippen LogP contribution in [0.1, 0.15) is 37.8 Å². The summed E-state index contributed by atoms with van der Waals surface area (Å²) >= 11 is 0. The molecule has 1 aromatic rings. The number of nitrogens with zero attached hydrogens (tertiary/aromatic N) is 1. The van der Waals surface area contributed by atoms with Gasteiger partial charge in [-0.05, 0) is 18.4 Å². The van der Waals surface area contributed by atoms with Gasteiger partial charge in [-0.1, -0.05) is 50.3 Å². The normalized spacial score (nSPS) is 20.5. The Morgan fingerprint density at radius 1 is 1.35 bits per heavy atom. The molecule has 17 heavy (non-hydrogen) atoms. The minimum Gasteiger partial charge on any atom is -0.365 e. The van der Waals surface area contributed by atoms with Crippen LogP contribution in [0.2, 0.25) is 0 Å². The smallest absolute Gasteiger partial charge is 0.0682 e. The lowest BCUT2D eigenvalue weighted by molar-refractivity contribution is 0.458. The molecule has 2 atom stereocenters. The van der Waals surface area contributed by atoms with Crippen LogP contribution in [0.3, 0.4) is 0 Å². The van der Waals surface area contributed by atoms with Crippen molar-refractivity contribution in [3.05, 3.63) is 48.2 Å². The van der Waals surface area contributed by atoms with Crippen LogP contribution in [-0.4, -0.2) is 17.5 Å². The fourth-order valence-corrected chi connectivity index (χ4v) is 2.37. The predicted molar refractivity (Wildman–Crippen MR) is 72.5 cm³/mol. The molecule has 0 saturated carbocycles.